The molecule has 13 heavy (non-hydrogen) atoms. The third-order valence-corrected chi connectivity index (χ3v) is 2.19. The van der Waals surface area contributed by atoms with E-state index in [-0.39, 0.29) is 0 Å². The van der Waals surface area contributed by atoms with Crippen molar-refractivity contribution in [3.8, 4) is 0 Å². The number of amides is 1. The van der Waals surface area contributed by atoms with E-state index in [2.05, 4.69) is 13.8 Å². The van der Waals surface area contributed by atoms with Crippen molar-refractivity contribution in [3.05, 3.63) is 0 Å². The quantitative estimate of drug-likeness (QED) is 0.398. The van der Waals surface area contributed by atoms with E-state index in [1.54, 1.807) is 4.90 Å². The number of rotatable bonds is 9. The highest BCUT2D eigenvalue weighted by atomic mass is 16.1. The molecule has 1 amide bonds. The molecule has 0 bridgehead atoms. The molecule has 0 saturated heterocycles. The van der Waals surface area contributed by atoms with Gasteiger partial charge in [-0.1, -0.05) is 39.5 Å². The minimum absolute atomic E-state index is 0.881. The summed E-state index contributed by atoms with van der Waals surface area (Å²) in [6, 6.07) is 0. The zero-order valence-electron chi connectivity index (χ0n) is 9.01. The van der Waals surface area contributed by atoms with Crippen LogP contribution in [0.15, 0.2) is 0 Å². The van der Waals surface area contributed by atoms with Crippen LogP contribution in [-0.2, 0) is 4.79 Å². The summed E-state index contributed by atoms with van der Waals surface area (Å²) in [5.41, 5.74) is 0. The lowest BCUT2D eigenvalue weighted by Crippen LogP contribution is -2.24. The molecule has 77 valence electrons. The summed E-state index contributed by atoms with van der Waals surface area (Å²) in [4.78, 5) is 12.3. The highest BCUT2D eigenvalue weighted by Gasteiger charge is 2.00. The molecule has 0 saturated carbocycles. The lowest BCUT2D eigenvalue weighted by atomic mass is 10.2. The average Bonchev–Trinajstić information content (AvgIpc) is 2.17. The van der Waals surface area contributed by atoms with E-state index in [4.69, 9.17) is 0 Å². The lowest BCUT2D eigenvalue weighted by Gasteiger charge is -2.15. The maximum Gasteiger partial charge on any atom is 0.312 e. The van der Waals surface area contributed by atoms with Gasteiger partial charge in [0.15, 0.2) is 0 Å². The Hall–Kier alpha value is -0.530. The molecular formula is C11H22NO. The summed E-state index contributed by atoms with van der Waals surface area (Å²) in [6.45, 7) is 6.11. The van der Waals surface area contributed by atoms with Crippen molar-refractivity contribution in [2.45, 2.75) is 52.4 Å². The second-order valence-electron chi connectivity index (χ2n) is 3.49. The first kappa shape index (κ1) is 12.5. The van der Waals surface area contributed by atoms with Crippen molar-refractivity contribution in [3.63, 3.8) is 0 Å². The Morgan fingerprint density at radius 1 is 0.923 bits per heavy atom. The maximum atomic E-state index is 10.5. The molecule has 0 aliphatic rings. The third kappa shape index (κ3) is 7.82. The number of hydrogen-bond acceptors (Lipinski definition) is 1. The molecule has 0 heterocycles. The molecule has 0 aromatic heterocycles. The molecule has 0 atom stereocenters. The zero-order chi connectivity index (χ0) is 9.94. The van der Waals surface area contributed by atoms with Gasteiger partial charge in [-0.2, -0.15) is 0 Å². The van der Waals surface area contributed by atoms with E-state index in [1.807, 2.05) is 6.41 Å². The van der Waals surface area contributed by atoms with Gasteiger partial charge in [0.2, 0.25) is 0 Å². The minimum atomic E-state index is 0.881. The molecular weight excluding hydrogens is 162 g/mol. The van der Waals surface area contributed by atoms with E-state index in [0.717, 1.165) is 32.4 Å². The summed E-state index contributed by atoms with van der Waals surface area (Å²) in [5.74, 6) is 0. The van der Waals surface area contributed by atoms with Crippen LogP contribution in [-0.4, -0.2) is 24.4 Å². The van der Waals surface area contributed by atoms with E-state index < -0.39 is 0 Å². The monoisotopic (exact) mass is 184 g/mol. The predicted octanol–water partition coefficient (Wildman–Crippen LogP) is 2.74. The van der Waals surface area contributed by atoms with Crippen LogP contribution in [0, 0.1) is 0 Å². The van der Waals surface area contributed by atoms with Gasteiger partial charge in [0.1, 0.15) is 0 Å². The third-order valence-electron chi connectivity index (χ3n) is 2.19. The number of unbranched alkanes of at least 4 members (excludes halogenated alkanes) is 4. The standard InChI is InChI=1S/C11H22NO/c1-3-5-7-8-10-12(11-13)9-6-4-2/h3-10H2,1-2H3. The van der Waals surface area contributed by atoms with E-state index in [1.165, 1.54) is 19.3 Å². The van der Waals surface area contributed by atoms with Gasteiger partial charge in [-0.15, -0.1) is 0 Å². The SMILES string of the molecule is CCCCCCN([C]=O)CCCC. The van der Waals surface area contributed by atoms with Crippen LogP contribution in [0.5, 0.6) is 0 Å². The summed E-state index contributed by atoms with van der Waals surface area (Å²) < 4.78 is 0. The van der Waals surface area contributed by atoms with Crippen LogP contribution in [0.2, 0.25) is 0 Å². The van der Waals surface area contributed by atoms with Crippen LogP contribution in [0.25, 0.3) is 0 Å². The molecule has 1 radical (unpaired) electrons. The van der Waals surface area contributed by atoms with Crippen molar-refractivity contribution >= 4 is 6.41 Å². The van der Waals surface area contributed by atoms with Crippen molar-refractivity contribution in [1.29, 1.82) is 0 Å². The number of nitrogens with zero attached hydrogens (tertiary/aromatic N) is 1. The normalized spacial score (nSPS) is 10.0. The van der Waals surface area contributed by atoms with Gasteiger partial charge >= 0.3 is 6.41 Å². The van der Waals surface area contributed by atoms with E-state index in [9.17, 15) is 4.79 Å². The van der Waals surface area contributed by atoms with E-state index >= 15 is 0 Å². The van der Waals surface area contributed by atoms with Gasteiger partial charge in [-0.25, -0.2) is 0 Å². The topological polar surface area (TPSA) is 20.3 Å². The largest absolute Gasteiger partial charge is 0.334 e. The Morgan fingerprint density at radius 3 is 2.08 bits per heavy atom. The Morgan fingerprint density at radius 2 is 1.54 bits per heavy atom. The maximum absolute atomic E-state index is 10.5. The van der Waals surface area contributed by atoms with Crippen molar-refractivity contribution in [1.82, 2.24) is 4.90 Å². The number of carbonyl (C=O) groups excluding carboxylic acids is 1. The molecule has 0 aliphatic carbocycles. The first-order valence-corrected chi connectivity index (χ1v) is 5.47. The van der Waals surface area contributed by atoms with Gasteiger partial charge in [-0.05, 0) is 12.8 Å². The first-order valence-electron chi connectivity index (χ1n) is 5.47. The van der Waals surface area contributed by atoms with Crippen LogP contribution >= 0.6 is 0 Å². The fourth-order valence-corrected chi connectivity index (χ4v) is 1.28. The molecule has 0 aliphatic heterocycles. The van der Waals surface area contributed by atoms with Crippen LogP contribution < -0.4 is 0 Å². The Bertz CT molecular complexity index is 115. The summed E-state index contributed by atoms with van der Waals surface area (Å²) >= 11 is 0. The Balaban J connectivity index is 3.31. The molecule has 0 unspecified atom stereocenters. The predicted molar refractivity (Wildman–Crippen MR) is 56.3 cm³/mol. The summed E-state index contributed by atoms with van der Waals surface area (Å²) in [5, 5.41) is 0. The van der Waals surface area contributed by atoms with Crippen LogP contribution in [0.4, 0.5) is 0 Å². The fraction of sp³-hybridized carbons (Fsp3) is 0.909. The second-order valence-corrected chi connectivity index (χ2v) is 3.49. The molecule has 0 spiro atoms. The zero-order valence-corrected chi connectivity index (χ0v) is 9.01. The summed E-state index contributed by atoms with van der Waals surface area (Å²) in [6.07, 6.45) is 9.14. The molecule has 2 nitrogen and oxygen atoms in total. The van der Waals surface area contributed by atoms with Gasteiger partial charge in [0.25, 0.3) is 0 Å². The van der Waals surface area contributed by atoms with Crippen LogP contribution in [0.1, 0.15) is 52.4 Å². The molecule has 0 aromatic carbocycles. The first-order chi connectivity index (χ1) is 6.35. The molecule has 0 fully saturated rings. The second kappa shape index (κ2) is 9.56. The highest BCUT2D eigenvalue weighted by molar-refractivity contribution is 5.47. The molecule has 0 N–H and O–H groups in total. The average molecular weight is 184 g/mol. The summed E-state index contributed by atoms with van der Waals surface area (Å²) in [7, 11) is 0. The van der Waals surface area contributed by atoms with Crippen molar-refractivity contribution in [2.24, 2.45) is 0 Å². The Kier molecular flexibility index (Phi) is 9.17. The van der Waals surface area contributed by atoms with Crippen molar-refractivity contribution in [2.75, 3.05) is 13.1 Å². The lowest BCUT2D eigenvalue weighted by molar-refractivity contribution is 0.362. The van der Waals surface area contributed by atoms with Gasteiger partial charge in [0.05, 0.1) is 0 Å². The number of hydrogen-bond donors (Lipinski definition) is 0. The fourth-order valence-electron chi connectivity index (χ4n) is 1.28. The molecule has 0 aromatic rings. The molecule has 2 heteroatoms. The minimum Gasteiger partial charge on any atom is -0.334 e. The van der Waals surface area contributed by atoms with Crippen molar-refractivity contribution < 1.29 is 4.79 Å². The van der Waals surface area contributed by atoms with Gasteiger partial charge in [0, 0.05) is 13.1 Å². The van der Waals surface area contributed by atoms with Gasteiger partial charge in [-0.3, -0.25) is 4.79 Å². The molecule has 0 rings (SSSR count). The Labute approximate surface area is 82.3 Å². The van der Waals surface area contributed by atoms with E-state index in [0.29, 0.717) is 0 Å². The van der Waals surface area contributed by atoms with Gasteiger partial charge < -0.3 is 4.90 Å². The van der Waals surface area contributed by atoms with Crippen LogP contribution in [0.3, 0.4) is 0 Å². The highest BCUT2D eigenvalue weighted by Crippen LogP contribution is 2.01. The smallest absolute Gasteiger partial charge is 0.312 e.